The first kappa shape index (κ1) is 27.0. The zero-order valence-corrected chi connectivity index (χ0v) is 21.6. The van der Waals surface area contributed by atoms with E-state index in [9.17, 15) is 33.0 Å². The molecule has 1 atom stereocenters. The number of aliphatic carboxylic acids is 1. The molecule has 3 aromatic rings. The number of alkyl halides is 3. The van der Waals surface area contributed by atoms with Crippen LogP contribution in [0.5, 0.6) is 5.75 Å². The summed E-state index contributed by atoms with van der Waals surface area (Å²) in [7, 11) is 0. The summed E-state index contributed by atoms with van der Waals surface area (Å²) in [6.45, 7) is 1.74. The number of aromatic hydroxyl groups is 1. The molecule has 0 fully saturated rings. The summed E-state index contributed by atoms with van der Waals surface area (Å²) in [6.07, 6.45) is -0.305. The summed E-state index contributed by atoms with van der Waals surface area (Å²) >= 11 is 6.24. The Bertz CT molecular complexity index is 1650. The molecule has 0 spiro atoms. The maximum absolute atomic E-state index is 13.6. The van der Waals surface area contributed by atoms with Crippen molar-refractivity contribution in [2.24, 2.45) is 5.10 Å². The van der Waals surface area contributed by atoms with Gasteiger partial charge in [0.25, 0.3) is 5.91 Å². The second kappa shape index (κ2) is 9.87. The quantitative estimate of drug-likeness (QED) is 0.318. The van der Waals surface area contributed by atoms with Gasteiger partial charge in [0.2, 0.25) is 0 Å². The van der Waals surface area contributed by atoms with Gasteiger partial charge < -0.3 is 10.2 Å². The number of hydrogen-bond donors (Lipinski definition) is 3. The third-order valence-corrected chi connectivity index (χ3v) is 7.19. The minimum absolute atomic E-state index is 0.0394. The molecular formula is C29H21ClF3N3O4. The minimum atomic E-state index is -4.67. The largest absolute Gasteiger partial charge is 0.507 e. The van der Waals surface area contributed by atoms with Gasteiger partial charge in [-0.1, -0.05) is 48.0 Å². The number of nitrogens with one attached hydrogen (secondary N) is 1. The second-order valence-electron chi connectivity index (χ2n) is 9.40. The molecule has 0 aromatic heterocycles. The topological polar surface area (TPSA) is 102 Å². The highest BCUT2D eigenvalue weighted by atomic mass is 35.5. The van der Waals surface area contributed by atoms with Crippen LogP contribution in [-0.4, -0.2) is 33.3 Å². The van der Waals surface area contributed by atoms with Gasteiger partial charge in [0.15, 0.2) is 11.3 Å². The Morgan fingerprint density at radius 2 is 1.85 bits per heavy atom. The van der Waals surface area contributed by atoms with Crippen LogP contribution in [0.15, 0.2) is 84.0 Å². The Kier molecular flexibility index (Phi) is 6.67. The van der Waals surface area contributed by atoms with E-state index >= 15 is 0 Å². The normalized spacial score (nSPS) is 19.5. The molecule has 1 unspecified atom stereocenters. The molecule has 1 aliphatic heterocycles. The molecule has 3 N–H and O–H groups in total. The number of amides is 1. The van der Waals surface area contributed by atoms with E-state index in [1.807, 2.05) is 0 Å². The van der Waals surface area contributed by atoms with Crippen molar-refractivity contribution in [2.75, 3.05) is 4.90 Å². The van der Waals surface area contributed by atoms with Crippen molar-refractivity contribution in [2.45, 2.75) is 25.1 Å². The van der Waals surface area contributed by atoms with Gasteiger partial charge in [0.05, 0.1) is 16.9 Å². The molecule has 0 saturated carbocycles. The van der Waals surface area contributed by atoms with Crippen molar-refractivity contribution in [3.63, 3.8) is 0 Å². The van der Waals surface area contributed by atoms with E-state index < -0.39 is 29.2 Å². The monoisotopic (exact) mass is 567 g/mol. The fourth-order valence-electron chi connectivity index (χ4n) is 4.61. The highest BCUT2D eigenvalue weighted by molar-refractivity contribution is 6.55. The number of hydrogen-bond acceptors (Lipinski definition) is 5. The number of phenols is 1. The average molecular weight is 568 g/mol. The van der Waals surface area contributed by atoms with Crippen LogP contribution < -0.4 is 10.3 Å². The average Bonchev–Trinajstić information content (AvgIpc) is 3.19. The first-order chi connectivity index (χ1) is 18.9. The lowest BCUT2D eigenvalue weighted by Gasteiger charge is -2.29. The fourth-order valence-corrected chi connectivity index (χ4v) is 4.79. The molecular weight excluding hydrogens is 547 g/mol. The fraction of sp³-hybridized carbons (Fsp3) is 0.138. The van der Waals surface area contributed by atoms with Crippen LogP contribution >= 0.6 is 11.6 Å². The lowest BCUT2D eigenvalue weighted by molar-refractivity contribution is -0.142. The van der Waals surface area contributed by atoms with Gasteiger partial charge in [-0.3, -0.25) is 15.1 Å². The molecule has 5 rings (SSSR count). The molecule has 1 heterocycles. The SMILES string of the molecule is Cc1ccc(N2C(=O)/C(=N\NC3(C(=O)O)C=CC=C(c4ccccc4O)C3)c3ccc(C(F)(F)F)cc32)cc1Cl. The third-order valence-electron chi connectivity index (χ3n) is 6.79. The molecule has 1 aliphatic carbocycles. The summed E-state index contributed by atoms with van der Waals surface area (Å²) in [5.41, 5.74) is 1.41. The van der Waals surface area contributed by atoms with Crippen molar-refractivity contribution < 1.29 is 33.0 Å². The van der Waals surface area contributed by atoms with Crippen molar-refractivity contribution in [3.8, 4) is 5.75 Å². The van der Waals surface area contributed by atoms with E-state index in [0.717, 1.165) is 23.1 Å². The van der Waals surface area contributed by atoms with E-state index in [-0.39, 0.29) is 34.8 Å². The van der Waals surface area contributed by atoms with Gasteiger partial charge in [-0.25, -0.2) is 4.79 Å². The van der Waals surface area contributed by atoms with Crippen molar-refractivity contribution in [1.82, 2.24) is 5.43 Å². The summed E-state index contributed by atoms with van der Waals surface area (Å²) in [5, 5.41) is 24.9. The van der Waals surface area contributed by atoms with E-state index in [1.54, 1.807) is 43.3 Å². The molecule has 11 heteroatoms. The van der Waals surface area contributed by atoms with Crippen LogP contribution in [0.1, 0.15) is 28.7 Å². The molecule has 2 aliphatic rings. The van der Waals surface area contributed by atoms with Crippen molar-refractivity contribution >= 4 is 46.1 Å². The van der Waals surface area contributed by atoms with Gasteiger partial charge in [0.1, 0.15) is 5.75 Å². The van der Waals surface area contributed by atoms with Gasteiger partial charge in [-0.2, -0.15) is 18.3 Å². The molecule has 3 aromatic carbocycles. The lowest BCUT2D eigenvalue weighted by atomic mass is 9.84. The van der Waals surface area contributed by atoms with Crippen LogP contribution in [0.25, 0.3) is 5.57 Å². The first-order valence-electron chi connectivity index (χ1n) is 12.0. The molecule has 0 bridgehead atoms. The Morgan fingerprint density at radius 3 is 2.52 bits per heavy atom. The van der Waals surface area contributed by atoms with Gasteiger partial charge in [0, 0.05) is 22.6 Å². The lowest BCUT2D eigenvalue weighted by Crippen LogP contribution is -2.49. The van der Waals surface area contributed by atoms with E-state index in [0.29, 0.717) is 21.7 Å². The first-order valence-corrected chi connectivity index (χ1v) is 12.4. The second-order valence-corrected chi connectivity index (χ2v) is 9.80. The summed E-state index contributed by atoms with van der Waals surface area (Å²) < 4.78 is 40.7. The number of aryl methyl sites for hydroxylation is 1. The number of allylic oxidation sites excluding steroid dienone is 2. The van der Waals surface area contributed by atoms with Crippen molar-refractivity contribution in [1.29, 1.82) is 0 Å². The molecule has 1 amide bonds. The summed E-state index contributed by atoms with van der Waals surface area (Å²) in [5.74, 6) is -2.12. The number of benzene rings is 3. The Labute approximate surface area is 231 Å². The standard InChI is InChI=1S/C29H21ClF3N3O4/c1-16-8-10-19(14-22(16)30)36-23-13-18(29(31,32)33)9-11-21(23)25(26(36)38)34-35-28(27(39)40)12-4-5-17(15-28)20-6-2-3-7-24(20)37/h2-14,35,37H,15H2,1H3,(H,39,40)/b34-25-. The maximum Gasteiger partial charge on any atom is 0.416 e. The zero-order chi connectivity index (χ0) is 28.8. The highest BCUT2D eigenvalue weighted by Crippen LogP contribution is 2.41. The van der Waals surface area contributed by atoms with Crippen LogP contribution in [-0.2, 0) is 15.8 Å². The maximum atomic E-state index is 13.6. The van der Waals surface area contributed by atoms with Crippen LogP contribution in [0.2, 0.25) is 5.02 Å². The van der Waals surface area contributed by atoms with Gasteiger partial charge in [-0.15, -0.1) is 0 Å². The zero-order valence-electron chi connectivity index (χ0n) is 20.8. The number of anilines is 2. The minimum Gasteiger partial charge on any atom is -0.507 e. The molecule has 7 nitrogen and oxygen atoms in total. The number of carboxylic acids is 1. The van der Waals surface area contributed by atoms with E-state index in [4.69, 9.17) is 11.6 Å². The van der Waals surface area contributed by atoms with Crippen LogP contribution in [0.4, 0.5) is 24.5 Å². The number of carbonyl (C=O) groups is 2. The number of carbonyl (C=O) groups excluding carboxylic acids is 1. The highest BCUT2D eigenvalue weighted by Gasteiger charge is 2.42. The number of halogens is 4. The number of rotatable bonds is 5. The number of phenolic OH excluding ortho intramolecular Hbond substituents is 1. The predicted octanol–water partition coefficient (Wildman–Crippen LogP) is 6.21. The molecule has 204 valence electrons. The number of carboxylic acid groups (broad SMARTS) is 1. The number of nitrogens with zero attached hydrogens (tertiary/aromatic N) is 2. The molecule has 40 heavy (non-hydrogen) atoms. The van der Waals surface area contributed by atoms with Crippen LogP contribution in [0.3, 0.4) is 0 Å². The van der Waals surface area contributed by atoms with E-state index in [1.165, 1.54) is 24.3 Å². The number of fused-ring (bicyclic) bond motifs is 1. The third kappa shape index (κ3) is 4.71. The number of hydrazone groups is 1. The van der Waals surface area contributed by atoms with E-state index in [2.05, 4.69) is 10.5 Å². The molecule has 0 saturated heterocycles. The number of para-hydroxylation sites is 1. The Balaban J connectivity index is 1.57. The van der Waals surface area contributed by atoms with Gasteiger partial charge >= 0.3 is 12.1 Å². The smallest absolute Gasteiger partial charge is 0.416 e. The summed E-state index contributed by atoms with van der Waals surface area (Å²) in [6, 6.07) is 13.9. The van der Waals surface area contributed by atoms with Crippen LogP contribution in [0, 0.1) is 6.92 Å². The Morgan fingerprint density at radius 1 is 1.10 bits per heavy atom. The molecule has 0 radical (unpaired) electrons. The van der Waals surface area contributed by atoms with Gasteiger partial charge in [-0.05, 0) is 60.5 Å². The predicted molar refractivity (Wildman–Crippen MR) is 145 cm³/mol. The van der Waals surface area contributed by atoms with Crippen molar-refractivity contribution in [3.05, 3.63) is 106 Å². The summed E-state index contributed by atoms with van der Waals surface area (Å²) in [4.78, 5) is 27.2. The Hall–Kier alpha value is -4.57.